The van der Waals surface area contributed by atoms with Gasteiger partial charge in [0.05, 0.1) is 18.7 Å². The van der Waals surface area contributed by atoms with Gasteiger partial charge in [-0.3, -0.25) is 19.3 Å². The van der Waals surface area contributed by atoms with Crippen molar-refractivity contribution < 1.29 is 19.5 Å². The summed E-state index contributed by atoms with van der Waals surface area (Å²) in [6.07, 6.45) is 7.47. The van der Waals surface area contributed by atoms with Crippen LogP contribution in [0.5, 0.6) is 0 Å². The number of β-amino-alcohol motifs (C(OH)–C–C–N with tert-alkyl or cyclic N) is 1. The van der Waals surface area contributed by atoms with Crippen molar-refractivity contribution in [2.45, 2.75) is 32.2 Å². The summed E-state index contributed by atoms with van der Waals surface area (Å²) < 4.78 is 0. The fourth-order valence-corrected chi connectivity index (χ4v) is 5.65. The number of nitrogens with zero attached hydrogens (tertiary/aromatic N) is 3. The van der Waals surface area contributed by atoms with Crippen LogP contribution in [0.4, 0.5) is 5.00 Å². The Balaban J connectivity index is 1.65. The second-order valence-corrected chi connectivity index (χ2v) is 8.69. The summed E-state index contributed by atoms with van der Waals surface area (Å²) in [5, 5.41) is 10.0. The first-order chi connectivity index (χ1) is 13.5. The van der Waals surface area contributed by atoms with Gasteiger partial charge in [-0.15, -0.1) is 11.3 Å². The molecule has 0 saturated carbocycles. The van der Waals surface area contributed by atoms with Gasteiger partial charge < -0.3 is 14.9 Å². The molecule has 4 rings (SSSR count). The van der Waals surface area contributed by atoms with Gasteiger partial charge in [0.2, 0.25) is 11.8 Å². The van der Waals surface area contributed by atoms with E-state index in [1.54, 1.807) is 7.05 Å². The molecule has 3 heterocycles. The lowest BCUT2D eigenvalue weighted by atomic mass is 9.92. The molecule has 3 aliphatic rings. The highest BCUT2D eigenvalue weighted by atomic mass is 32.1. The van der Waals surface area contributed by atoms with Crippen molar-refractivity contribution in [1.82, 2.24) is 9.80 Å². The number of aliphatic hydroxyl groups excluding tert-OH is 1. The highest BCUT2D eigenvalue weighted by Crippen LogP contribution is 2.41. The van der Waals surface area contributed by atoms with Crippen LogP contribution in [0.15, 0.2) is 12.2 Å². The molecule has 1 aromatic heterocycles. The largest absolute Gasteiger partial charge is 0.395 e. The van der Waals surface area contributed by atoms with Gasteiger partial charge in [0, 0.05) is 30.9 Å². The molecular weight excluding hydrogens is 378 g/mol. The van der Waals surface area contributed by atoms with E-state index >= 15 is 0 Å². The summed E-state index contributed by atoms with van der Waals surface area (Å²) in [7, 11) is 1.63. The standard InChI is InChI=1S/C20H25N3O4S/c1-21-12-16(25)23(9-10-24)20-17(19(21)27)14-7-8-22(11-15(14)28-20)18(26)13-5-3-2-4-6-13/h2-3,13,24H,4-12H2,1H3. The van der Waals surface area contributed by atoms with Crippen LogP contribution in [0.2, 0.25) is 0 Å². The molecule has 0 radical (unpaired) electrons. The molecule has 1 N–H and O–H groups in total. The molecule has 1 unspecified atom stereocenters. The SMILES string of the molecule is CN1CC(=O)N(CCO)c2sc3c(c2C1=O)CCN(C(=O)C1CC=CCC1)C3. The van der Waals surface area contributed by atoms with Gasteiger partial charge in [0.25, 0.3) is 5.91 Å². The topological polar surface area (TPSA) is 81.2 Å². The zero-order chi connectivity index (χ0) is 19.8. The van der Waals surface area contributed by atoms with Crippen LogP contribution < -0.4 is 4.90 Å². The van der Waals surface area contributed by atoms with Crippen LogP contribution in [0.3, 0.4) is 0 Å². The number of anilines is 1. The number of rotatable bonds is 3. The summed E-state index contributed by atoms with van der Waals surface area (Å²) in [6, 6.07) is 0. The summed E-state index contributed by atoms with van der Waals surface area (Å²) in [4.78, 5) is 44.3. The second kappa shape index (κ2) is 7.67. The quantitative estimate of drug-likeness (QED) is 0.774. The number of allylic oxidation sites excluding steroid dienone is 2. The van der Waals surface area contributed by atoms with E-state index in [1.165, 1.54) is 21.1 Å². The van der Waals surface area contributed by atoms with E-state index in [0.717, 1.165) is 29.7 Å². The average molecular weight is 404 g/mol. The molecular formula is C20H25N3O4S. The van der Waals surface area contributed by atoms with Crippen LogP contribution in [0, 0.1) is 5.92 Å². The molecule has 0 saturated heterocycles. The van der Waals surface area contributed by atoms with E-state index in [1.807, 2.05) is 4.90 Å². The van der Waals surface area contributed by atoms with Crippen LogP contribution in [-0.4, -0.2) is 65.9 Å². The predicted molar refractivity (Wildman–Crippen MR) is 106 cm³/mol. The molecule has 8 heteroatoms. The van der Waals surface area contributed by atoms with Crippen LogP contribution in [0.25, 0.3) is 0 Å². The van der Waals surface area contributed by atoms with Crippen molar-refractivity contribution >= 4 is 34.1 Å². The third-order valence-corrected chi connectivity index (χ3v) is 7.01. The first-order valence-corrected chi connectivity index (χ1v) is 10.6. The molecule has 0 aromatic carbocycles. The molecule has 28 heavy (non-hydrogen) atoms. The zero-order valence-electron chi connectivity index (χ0n) is 16.0. The number of aliphatic hydroxyl groups is 1. The Hall–Kier alpha value is -2.19. The summed E-state index contributed by atoms with van der Waals surface area (Å²) in [5.74, 6) is -0.113. The molecule has 0 spiro atoms. The van der Waals surface area contributed by atoms with Crippen LogP contribution in [0.1, 0.15) is 40.1 Å². The number of amides is 3. The third-order valence-electron chi connectivity index (χ3n) is 5.77. The first-order valence-electron chi connectivity index (χ1n) is 9.76. The van der Waals surface area contributed by atoms with E-state index in [4.69, 9.17) is 0 Å². The van der Waals surface area contributed by atoms with Gasteiger partial charge in [-0.2, -0.15) is 0 Å². The van der Waals surface area contributed by atoms with Gasteiger partial charge in [-0.1, -0.05) is 12.2 Å². The normalized spacial score (nSPS) is 22.2. The Morgan fingerprint density at radius 3 is 2.82 bits per heavy atom. The maximum atomic E-state index is 12.9. The Morgan fingerprint density at radius 1 is 1.29 bits per heavy atom. The van der Waals surface area contributed by atoms with E-state index < -0.39 is 0 Å². The van der Waals surface area contributed by atoms with Crippen molar-refractivity contribution in [2.75, 3.05) is 38.2 Å². The van der Waals surface area contributed by atoms with Gasteiger partial charge in [-0.05, 0) is 31.2 Å². The number of carbonyl (C=O) groups excluding carboxylic acids is 3. The Labute approximate surface area is 168 Å². The van der Waals surface area contributed by atoms with Crippen molar-refractivity contribution in [3.8, 4) is 0 Å². The summed E-state index contributed by atoms with van der Waals surface area (Å²) >= 11 is 1.42. The zero-order valence-corrected chi connectivity index (χ0v) is 16.8. The minimum atomic E-state index is -0.191. The highest BCUT2D eigenvalue weighted by Gasteiger charge is 2.37. The van der Waals surface area contributed by atoms with Crippen molar-refractivity contribution in [3.63, 3.8) is 0 Å². The fraction of sp³-hybridized carbons (Fsp3) is 0.550. The Kier molecular flexibility index (Phi) is 5.25. The number of hydrogen-bond donors (Lipinski definition) is 1. The molecule has 1 atom stereocenters. The van der Waals surface area contributed by atoms with Gasteiger partial charge in [0.1, 0.15) is 11.5 Å². The minimum absolute atomic E-state index is 0.00875. The third kappa shape index (κ3) is 3.24. The van der Waals surface area contributed by atoms with E-state index in [0.29, 0.717) is 30.1 Å². The fourth-order valence-electron chi connectivity index (χ4n) is 4.25. The number of hydrogen-bond acceptors (Lipinski definition) is 5. The summed E-state index contributed by atoms with van der Waals surface area (Å²) in [6.45, 7) is 1.11. The molecule has 7 nitrogen and oxygen atoms in total. The van der Waals surface area contributed by atoms with Crippen molar-refractivity contribution in [2.24, 2.45) is 5.92 Å². The smallest absolute Gasteiger partial charge is 0.257 e. The predicted octanol–water partition coefficient (Wildman–Crippen LogP) is 1.40. The lowest BCUT2D eigenvalue weighted by Crippen LogP contribution is -2.40. The molecule has 150 valence electrons. The maximum absolute atomic E-state index is 12.9. The number of carbonyl (C=O) groups is 3. The minimum Gasteiger partial charge on any atom is -0.395 e. The molecule has 0 fully saturated rings. The van der Waals surface area contributed by atoms with E-state index in [-0.39, 0.29) is 43.3 Å². The van der Waals surface area contributed by atoms with Crippen molar-refractivity contribution in [3.05, 3.63) is 28.2 Å². The molecule has 2 aliphatic heterocycles. The molecule has 1 aliphatic carbocycles. The number of likely N-dealkylation sites (N-methyl/N-ethyl adjacent to an activating group) is 1. The van der Waals surface area contributed by atoms with Crippen LogP contribution in [-0.2, 0) is 22.6 Å². The second-order valence-electron chi connectivity index (χ2n) is 7.61. The van der Waals surface area contributed by atoms with Crippen LogP contribution >= 0.6 is 11.3 Å². The summed E-state index contributed by atoms with van der Waals surface area (Å²) in [5.41, 5.74) is 1.54. The Bertz CT molecular complexity index is 847. The Morgan fingerprint density at radius 2 is 2.11 bits per heavy atom. The van der Waals surface area contributed by atoms with Gasteiger partial charge in [0.15, 0.2) is 0 Å². The molecule has 0 bridgehead atoms. The van der Waals surface area contributed by atoms with Gasteiger partial charge in [-0.25, -0.2) is 0 Å². The van der Waals surface area contributed by atoms with Gasteiger partial charge >= 0.3 is 0 Å². The highest BCUT2D eigenvalue weighted by molar-refractivity contribution is 7.17. The monoisotopic (exact) mass is 403 g/mol. The first kappa shape index (κ1) is 19.1. The average Bonchev–Trinajstić information content (AvgIpc) is 3.05. The maximum Gasteiger partial charge on any atom is 0.257 e. The lowest BCUT2D eigenvalue weighted by Gasteiger charge is -2.31. The number of fused-ring (bicyclic) bond motifs is 3. The molecule has 1 aromatic rings. The van der Waals surface area contributed by atoms with E-state index in [9.17, 15) is 19.5 Å². The lowest BCUT2D eigenvalue weighted by molar-refractivity contribution is -0.136. The van der Waals surface area contributed by atoms with E-state index in [2.05, 4.69) is 12.2 Å². The molecule has 3 amide bonds. The number of thiophene rings is 1. The van der Waals surface area contributed by atoms with Crippen molar-refractivity contribution in [1.29, 1.82) is 0 Å².